The summed E-state index contributed by atoms with van der Waals surface area (Å²) in [4.78, 5) is 4.95. The van der Waals surface area contributed by atoms with Crippen molar-refractivity contribution in [1.29, 1.82) is 0 Å². The molecule has 0 fully saturated rings. The van der Waals surface area contributed by atoms with E-state index in [1.807, 2.05) is 6.20 Å². The van der Waals surface area contributed by atoms with Crippen LogP contribution in [0.3, 0.4) is 0 Å². The summed E-state index contributed by atoms with van der Waals surface area (Å²) < 4.78 is 2.41. The fraction of sp³-hybridized carbons (Fsp3) is 0. The molecule has 0 atom stereocenters. The van der Waals surface area contributed by atoms with E-state index >= 15 is 0 Å². The first-order chi connectivity index (χ1) is 18.9. The number of rotatable bonds is 1. The molecule has 7 aromatic rings. The van der Waals surface area contributed by atoms with Crippen LogP contribution in [0.5, 0.6) is 0 Å². The maximum absolute atomic E-state index is 4.95. The molecule has 0 unspecified atom stereocenters. The van der Waals surface area contributed by atoms with E-state index in [4.69, 9.17) is 4.98 Å². The van der Waals surface area contributed by atoms with Gasteiger partial charge in [-0.15, -0.1) is 28.9 Å². The topological polar surface area (TPSA) is 17.8 Å². The van der Waals surface area contributed by atoms with Crippen molar-refractivity contribution in [2.24, 2.45) is 0 Å². The first-order valence-electron chi connectivity index (χ1n) is 13.1. The largest absolute Gasteiger partial charge is 0.351 e. The number of pyridine rings is 1. The number of para-hydroxylation sites is 2. The Morgan fingerprint density at radius 2 is 1.15 bits per heavy atom. The second-order valence-corrected chi connectivity index (χ2v) is 13.9. The van der Waals surface area contributed by atoms with Crippen LogP contribution in [-0.4, -0.2) is 17.6 Å². The third-order valence-corrected chi connectivity index (χ3v) is 13.5. The molecule has 0 aliphatic carbocycles. The van der Waals surface area contributed by atoms with Gasteiger partial charge in [0.25, 0.3) is 0 Å². The first kappa shape index (κ1) is 22.9. The van der Waals surface area contributed by atoms with Crippen LogP contribution in [0.2, 0.25) is 0 Å². The molecular weight excluding hydrogens is 669 g/mol. The maximum Gasteiger partial charge on any atom is 0.128 e. The number of hydrogen-bond donors (Lipinski definition) is 0. The van der Waals surface area contributed by atoms with Gasteiger partial charge in [-0.3, -0.25) is 0 Å². The van der Waals surface area contributed by atoms with Gasteiger partial charge in [0, 0.05) is 48.1 Å². The molecule has 185 valence electrons. The van der Waals surface area contributed by atoms with Gasteiger partial charge in [0.05, 0.1) is 0 Å². The molecule has 1 radical (unpaired) electrons. The van der Waals surface area contributed by atoms with Crippen molar-refractivity contribution in [3.05, 3.63) is 134 Å². The molecule has 4 heterocycles. The number of aromatic nitrogens is 2. The van der Waals surface area contributed by atoms with Gasteiger partial charge in [-0.05, 0) is 51.1 Å². The Morgan fingerprint density at radius 3 is 1.82 bits per heavy atom. The van der Waals surface area contributed by atoms with E-state index in [1.54, 1.807) is 0 Å². The Kier molecular flexibility index (Phi) is 4.81. The van der Waals surface area contributed by atoms with E-state index < -0.39 is 8.07 Å². The van der Waals surface area contributed by atoms with Crippen LogP contribution in [0.1, 0.15) is 0 Å². The molecule has 39 heavy (non-hydrogen) atoms. The molecule has 5 aromatic carbocycles. The van der Waals surface area contributed by atoms with Crippen LogP contribution < -0.4 is 20.7 Å². The molecular formula is C35H21IrN2Si-. The Balaban J connectivity index is 0.00000235. The van der Waals surface area contributed by atoms with Gasteiger partial charge in [-0.1, -0.05) is 96.2 Å². The molecule has 0 saturated carbocycles. The van der Waals surface area contributed by atoms with E-state index in [2.05, 4.69) is 132 Å². The summed E-state index contributed by atoms with van der Waals surface area (Å²) in [6.45, 7) is 0. The molecule has 2 aliphatic rings. The van der Waals surface area contributed by atoms with Crippen molar-refractivity contribution in [2.75, 3.05) is 0 Å². The Hall–Kier alpha value is -4.08. The summed E-state index contributed by atoms with van der Waals surface area (Å²) in [7, 11) is -2.54. The molecule has 0 amide bonds. The molecule has 1 spiro atoms. The van der Waals surface area contributed by atoms with Gasteiger partial charge in [-0.2, -0.15) is 0 Å². The Bertz CT molecular complexity index is 1990. The summed E-state index contributed by atoms with van der Waals surface area (Å²) >= 11 is 0. The van der Waals surface area contributed by atoms with Crippen LogP contribution in [0.15, 0.2) is 128 Å². The minimum atomic E-state index is -2.54. The molecule has 4 heteroatoms. The summed E-state index contributed by atoms with van der Waals surface area (Å²) in [5, 5.41) is 8.24. The molecule has 0 saturated heterocycles. The monoisotopic (exact) mass is 690 g/mol. The van der Waals surface area contributed by atoms with Gasteiger partial charge in [0.1, 0.15) is 8.07 Å². The normalized spacial score (nSPS) is 13.6. The zero-order valence-corrected chi connectivity index (χ0v) is 24.2. The minimum absolute atomic E-state index is 0. The summed E-state index contributed by atoms with van der Waals surface area (Å²) in [6.07, 6.45) is 1.93. The first-order valence-corrected chi connectivity index (χ1v) is 15.1. The van der Waals surface area contributed by atoms with Crippen molar-refractivity contribution in [3.8, 4) is 28.1 Å². The summed E-state index contributed by atoms with van der Waals surface area (Å²) in [5.41, 5.74) is 8.57. The van der Waals surface area contributed by atoms with Crippen LogP contribution >= 0.6 is 0 Å². The average Bonchev–Trinajstić information content (AvgIpc) is 3.59. The van der Waals surface area contributed by atoms with E-state index in [9.17, 15) is 0 Å². The van der Waals surface area contributed by atoms with E-state index in [1.165, 1.54) is 53.7 Å². The zero-order valence-electron chi connectivity index (χ0n) is 20.9. The zero-order chi connectivity index (χ0) is 24.8. The molecule has 0 N–H and O–H groups in total. The van der Waals surface area contributed by atoms with Crippen LogP contribution in [0.4, 0.5) is 0 Å². The number of hydrogen-bond acceptors (Lipinski definition) is 1. The smallest absolute Gasteiger partial charge is 0.128 e. The fourth-order valence-corrected chi connectivity index (χ4v) is 12.7. The predicted molar refractivity (Wildman–Crippen MR) is 159 cm³/mol. The number of benzene rings is 5. The summed E-state index contributed by atoms with van der Waals surface area (Å²) in [6, 6.07) is 48.3. The van der Waals surface area contributed by atoms with Crippen molar-refractivity contribution in [2.45, 2.75) is 0 Å². The third kappa shape index (κ3) is 2.76. The standard InChI is InChI=1S/C35H21N2Si.Ir/c1-5-14-29-24(10-1)25-11-2-6-15-30(25)37(29)23-19-20-28-34(22-23)38(33-18-9-21-36-35(28)33)31-16-7-3-12-26(31)27-13-4-8-17-32(27)38;/h1-19,21-22H;/q-1;. The predicted octanol–water partition coefficient (Wildman–Crippen LogP) is 5.31. The van der Waals surface area contributed by atoms with Gasteiger partial charge in [0.2, 0.25) is 0 Å². The number of nitrogens with zero attached hydrogens (tertiary/aromatic N) is 2. The summed E-state index contributed by atoms with van der Waals surface area (Å²) in [5.74, 6) is 0. The van der Waals surface area contributed by atoms with Crippen LogP contribution in [0, 0.1) is 6.07 Å². The van der Waals surface area contributed by atoms with Crippen molar-refractivity contribution in [3.63, 3.8) is 0 Å². The molecule has 0 bridgehead atoms. The van der Waals surface area contributed by atoms with Gasteiger partial charge < -0.3 is 9.55 Å². The van der Waals surface area contributed by atoms with Crippen molar-refractivity contribution >= 4 is 50.6 Å². The Morgan fingerprint density at radius 1 is 0.590 bits per heavy atom. The fourth-order valence-electron chi connectivity index (χ4n) is 7.17. The van der Waals surface area contributed by atoms with Crippen molar-refractivity contribution < 1.29 is 20.1 Å². The SMILES string of the molecule is [Ir].[c-]1cc(-n2c3ccccc3c3ccccc32)cc2c1-c1ncccc1[Si]21c2ccccc2-c2ccccc21. The number of fused-ring (bicyclic) bond motifs is 13. The molecule has 9 rings (SSSR count). The quantitative estimate of drug-likeness (QED) is 0.169. The van der Waals surface area contributed by atoms with Gasteiger partial charge >= 0.3 is 0 Å². The molecule has 2 aliphatic heterocycles. The van der Waals surface area contributed by atoms with Crippen LogP contribution in [0.25, 0.3) is 49.9 Å². The minimum Gasteiger partial charge on any atom is -0.351 e. The third-order valence-electron chi connectivity index (χ3n) is 8.57. The van der Waals surface area contributed by atoms with E-state index in [0.29, 0.717) is 0 Å². The van der Waals surface area contributed by atoms with E-state index in [-0.39, 0.29) is 20.1 Å². The van der Waals surface area contributed by atoms with Crippen molar-refractivity contribution in [1.82, 2.24) is 9.55 Å². The Labute approximate surface area is 241 Å². The molecule has 2 nitrogen and oxygen atoms in total. The van der Waals surface area contributed by atoms with Gasteiger partial charge in [-0.25, -0.2) is 0 Å². The second-order valence-electron chi connectivity index (χ2n) is 10.3. The maximum atomic E-state index is 4.95. The van der Waals surface area contributed by atoms with Crippen LogP contribution in [-0.2, 0) is 20.1 Å². The molecule has 2 aromatic heterocycles. The second kappa shape index (κ2) is 8.21. The van der Waals surface area contributed by atoms with Gasteiger partial charge in [0.15, 0.2) is 0 Å². The average molecular weight is 690 g/mol. The van der Waals surface area contributed by atoms with E-state index in [0.717, 1.165) is 16.9 Å².